The molecule has 2 rings (SSSR count). The van der Waals surface area contributed by atoms with E-state index < -0.39 is 5.60 Å². The van der Waals surface area contributed by atoms with Gasteiger partial charge in [0.25, 0.3) is 0 Å². The fourth-order valence-electron chi connectivity index (χ4n) is 2.33. The van der Waals surface area contributed by atoms with Crippen molar-refractivity contribution >= 4 is 29.0 Å². The Balaban J connectivity index is 1.85. The fraction of sp³-hybridized carbons (Fsp3) is 0.714. The van der Waals surface area contributed by atoms with Gasteiger partial charge in [0.1, 0.15) is 5.60 Å². The highest BCUT2D eigenvalue weighted by Crippen LogP contribution is 2.23. The molecular weight excluding hydrogens is 310 g/mol. The van der Waals surface area contributed by atoms with Gasteiger partial charge < -0.3 is 9.64 Å². The number of likely N-dealkylation sites (N-methyl/N-ethyl adjacent to an activating group) is 1. The van der Waals surface area contributed by atoms with Crippen molar-refractivity contribution < 1.29 is 9.53 Å². The molecule has 21 heavy (non-hydrogen) atoms. The molecule has 0 unspecified atom stereocenters. The Hall–Kier alpha value is -0.850. The molecule has 1 aromatic heterocycles. The summed E-state index contributed by atoms with van der Waals surface area (Å²) in [6.45, 7) is 7.91. The molecule has 0 radical (unpaired) electrons. The summed E-state index contributed by atoms with van der Waals surface area (Å²) < 4.78 is 5.98. The molecule has 0 bridgehead atoms. The van der Waals surface area contributed by atoms with E-state index in [4.69, 9.17) is 16.3 Å². The van der Waals surface area contributed by atoms with Gasteiger partial charge >= 0.3 is 6.09 Å². The Kier molecular flexibility index (Phi) is 5.11. The number of carbonyl (C=O) groups excluding carboxylic acids is 1. The van der Waals surface area contributed by atoms with Gasteiger partial charge in [-0.05, 0) is 34.2 Å². The van der Waals surface area contributed by atoms with Crippen molar-refractivity contribution in [3.8, 4) is 0 Å². The SMILES string of the molecule is CN(Cc1cnc(Cl)s1)[C@@H]1CCN(C(=O)OC(C)(C)C)C1. The van der Waals surface area contributed by atoms with E-state index in [1.54, 1.807) is 4.90 Å². The summed E-state index contributed by atoms with van der Waals surface area (Å²) in [5.74, 6) is 0. The second-order valence-corrected chi connectivity index (χ2v) is 8.06. The average molecular weight is 332 g/mol. The van der Waals surface area contributed by atoms with Gasteiger partial charge in [0, 0.05) is 36.8 Å². The van der Waals surface area contributed by atoms with Gasteiger partial charge in [0.05, 0.1) is 0 Å². The lowest BCUT2D eigenvalue weighted by Gasteiger charge is -2.26. The number of hydrogen-bond donors (Lipinski definition) is 0. The van der Waals surface area contributed by atoms with Crippen LogP contribution in [0.5, 0.6) is 0 Å². The van der Waals surface area contributed by atoms with Crippen molar-refractivity contribution in [2.24, 2.45) is 0 Å². The van der Waals surface area contributed by atoms with Crippen LogP contribution in [0, 0.1) is 0 Å². The summed E-state index contributed by atoms with van der Waals surface area (Å²) in [6, 6.07) is 0.346. The molecule has 0 saturated carbocycles. The predicted molar refractivity (Wildman–Crippen MR) is 84.8 cm³/mol. The van der Waals surface area contributed by atoms with Crippen LogP contribution < -0.4 is 0 Å². The minimum atomic E-state index is -0.444. The van der Waals surface area contributed by atoms with E-state index in [1.165, 1.54) is 11.3 Å². The first kappa shape index (κ1) is 16.5. The van der Waals surface area contributed by atoms with E-state index in [9.17, 15) is 4.79 Å². The highest BCUT2D eigenvalue weighted by molar-refractivity contribution is 7.15. The fourth-order valence-corrected chi connectivity index (χ4v) is 3.37. The quantitative estimate of drug-likeness (QED) is 0.853. The van der Waals surface area contributed by atoms with Crippen LogP contribution in [0.4, 0.5) is 4.79 Å². The molecule has 0 aromatic carbocycles. The number of halogens is 1. The highest BCUT2D eigenvalue weighted by Gasteiger charge is 2.31. The molecule has 7 heteroatoms. The molecule has 0 aliphatic carbocycles. The molecule has 0 spiro atoms. The van der Waals surface area contributed by atoms with E-state index in [0.29, 0.717) is 17.1 Å². The normalized spacial score (nSPS) is 19.3. The maximum atomic E-state index is 12.1. The summed E-state index contributed by atoms with van der Waals surface area (Å²) in [5.41, 5.74) is -0.444. The average Bonchev–Trinajstić information content (AvgIpc) is 2.96. The van der Waals surface area contributed by atoms with Crippen LogP contribution >= 0.6 is 22.9 Å². The molecule has 5 nitrogen and oxygen atoms in total. The second kappa shape index (κ2) is 6.50. The number of thiazole rings is 1. The number of likely N-dealkylation sites (tertiary alicyclic amines) is 1. The number of nitrogens with zero attached hydrogens (tertiary/aromatic N) is 3. The summed E-state index contributed by atoms with van der Waals surface area (Å²) >= 11 is 7.35. The molecule has 0 N–H and O–H groups in total. The van der Waals surface area contributed by atoms with Crippen molar-refractivity contribution in [3.63, 3.8) is 0 Å². The zero-order chi connectivity index (χ0) is 15.6. The van der Waals surface area contributed by atoms with E-state index in [2.05, 4.69) is 16.9 Å². The van der Waals surface area contributed by atoms with Gasteiger partial charge in [-0.1, -0.05) is 11.6 Å². The van der Waals surface area contributed by atoms with Crippen LogP contribution in [-0.2, 0) is 11.3 Å². The maximum absolute atomic E-state index is 12.1. The van der Waals surface area contributed by atoms with Crippen molar-refractivity contribution in [1.82, 2.24) is 14.8 Å². The lowest BCUT2D eigenvalue weighted by molar-refractivity contribution is 0.0282. The molecular formula is C14H22ClN3O2S. The Bertz CT molecular complexity index is 501. The molecule has 1 aliphatic heterocycles. The third-order valence-electron chi connectivity index (χ3n) is 3.37. The largest absolute Gasteiger partial charge is 0.444 e. The summed E-state index contributed by atoms with van der Waals surface area (Å²) in [6.07, 6.45) is 2.55. The minimum Gasteiger partial charge on any atom is -0.444 e. The minimum absolute atomic E-state index is 0.223. The number of aromatic nitrogens is 1. The molecule has 118 valence electrons. The van der Waals surface area contributed by atoms with Gasteiger partial charge in [-0.15, -0.1) is 11.3 Å². The Morgan fingerprint density at radius 1 is 1.62 bits per heavy atom. The smallest absolute Gasteiger partial charge is 0.410 e. The molecule has 1 fully saturated rings. The van der Waals surface area contributed by atoms with Crippen LogP contribution in [-0.4, -0.2) is 52.7 Å². The number of carbonyl (C=O) groups is 1. The van der Waals surface area contributed by atoms with E-state index in [-0.39, 0.29) is 6.09 Å². The van der Waals surface area contributed by atoms with Crippen LogP contribution in [0.25, 0.3) is 0 Å². The predicted octanol–water partition coefficient (Wildman–Crippen LogP) is 3.24. The monoisotopic (exact) mass is 331 g/mol. The standard InChI is InChI=1S/C14H22ClN3O2S/c1-14(2,3)20-13(19)18-6-5-10(8-18)17(4)9-11-7-16-12(15)21-11/h7,10H,5-6,8-9H2,1-4H3/t10-/m1/s1. The zero-order valence-electron chi connectivity index (χ0n) is 12.9. The topological polar surface area (TPSA) is 45.7 Å². The Morgan fingerprint density at radius 3 is 2.90 bits per heavy atom. The summed E-state index contributed by atoms with van der Waals surface area (Å²) in [7, 11) is 2.07. The number of ether oxygens (including phenoxy) is 1. The van der Waals surface area contributed by atoms with Crippen molar-refractivity contribution in [2.45, 2.75) is 45.4 Å². The third kappa shape index (κ3) is 4.83. The molecule has 1 saturated heterocycles. The Labute approximate surface area is 134 Å². The zero-order valence-corrected chi connectivity index (χ0v) is 14.5. The van der Waals surface area contributed by atoms with Crippen LogP contribution in [0.3, 0.4) is 0 Å². The van der Waals surface area contributed by atoms with Gasteiger partial charge in [-0.2, -0.15) is 0 Å². The molecule has 1 aromatic rings. The van der Waals surface area contributed by atoms with Gasteiger partial charge in [0.2, 0.25) is 0 Å². The first-order chi connectivity index (χ1) is 9.74. The second-order valence-electron chi connectivity index (χ2n) is 6.36. The number of hydrogen-bond acceptors (Lipinski definition) is 5. The van der Waals surface area contributed by atoms with Gasteiger partial charge in [-0.3, -0.25) is 4.90 Å². The summed E-state index contributed by atoms with van der Waals surface area (Å²) in [5, 5.41) is 0. The van der Waals surface area contributed by atoms with E-state index in [0.717, 1.165) is 24.4 Å². The molecule has 1 atom stereocenters. The maximum Gasteiger partial charge on any atom is 0.410 e. The van der Waals surface area contributed by atoms with Crippen molar-refractivity contribution in [3.05, 3.63) is 15.5 Å². The lowest BCUT2D eigenvalue weighted by atomic mass is 10.2. The van der Waals surface area contributed by atoms with Crippen LogP contribution in [0.15, 0.2) is 6.20 Å². The molecule has 2 heterocycles. The van der Waals surface area contributed by atoms with Gasteiger partial charge in [-0.25, -0.2) is 9.78 Å². The molecule has 1 aliphatic rings. The number of amides is 1. The third-order valence-corrected chi connectivity index (χ3v) is 4.47. The van der Waals surface area contributed by atoms with Crippen molar-refractivity contribution in [1.29, 1.82) is 0 Å². The first-order valence-electron chi connectivity index (χ1n) is 7.03. The first-order valence-corrected chi connectivity index (χ1v) is 8.22. The number of rotatable bonds is 3. The van der Waals surface area contributed by atoms with Crippen LogP contribution in [0.2, 0.25) is 4.47 Å². The highest BCUT2D eigenvalue weighted by atomic mass is 35.5. The molecule has 1 amide bonds. The van der Waals surface area contributed by atoms with E-state index in [1.807, 2.05) is 27.0 Å². The van der Waals surface area contributed by atoms with Gasteiger partial charge in [0.15, 0.2) is 4.47 Å². The van der Waals surface area contributed by atoms with E-state index >= 15 is 0 Å². The lowest BCUT2D eigenvalue weighted by Crippen LogP contribution is -2.38. The van der Waals surface area contributed by atoms with Crippen LogP contribution in [0.1, 0.15) is 32.1 Å². The Morgan fingerprint density at radius 2 is 2.33 bits per heavy atom. The van der Waals surface area contributed by atoms with Crippen molar-refractivity contribution in [2.75, 3.05) is 20.1 Å². The summed E-state index contributed by atoms with van der Waals surface area (Å²) in [4.78, 5) is 21.3.